The third-order valence-corrected chi connectivity index (χ3v) is 5.31. The molecule has 138 valence electrons. The molecule has 2 saturated heterocycles. The molecule has 2 aliphatic rings. The van der Waals surface area contributed by atoms with Crippen LogP contribution in [0.15, 0.2) is 42.9 Å². The van der Waals surface area contributed by atoms with E-state index in [9.17, 15) is 0 Å². The number of benzene rings is 1. The Bertz CT molecular complexity index is 706. The van der Waals surface area contributed by atoms with Gasteiger partial charge in [0.05, 0.1) is 25.5 Å². The van der Waals surface area contributed by atoms with Gasteiger partial charge in [0.25, 0.3) is 0 Å². The maximum atomic E-state index is 6.31. The molecule has 0 aliphatic carbocycles. The van der Waals surface area contributed by atoms with Gasteiger partial charge in [-0.15, -0.1) is 0 Å². The van der Waals surface area contributed by atoms with Crippen molar-refractivity contribution >= 4 is 5.82 Å². The molecule has 6 heteroatoms. The average Bonchev–Trinajstić information content (AvgIpc) is 2.69. The van der Waals surface area contributed by atoms with E-state index in [1.54, 1.807) is 19.5 Å². The normalized spacial score (nSPS) is 24.0. The molecule has 2 aromatic rings. The number of hydrogen-bond acceptors (Lipinski definition) is 6. The number of morpholine rings is 1. The summed E-state index contributed by atoms with van der Waals surface area (Å²) in [5, 5.41) is 0. The lowest BCUT2D eigenvalue weighted by molar-refractivity contribution is -0.116. The summed E-state index contributed by atoms with van der Waals surface area (Å²) in [5.41, 5.74) is 1.20. The highest BCUT2D eigenvalue weighted by atomic mass is 16.5. The highest BCUT2D eigenvalue weighted by Gasteiger charge is 2.40. The summed E-state index contributed by atoms with van der Waals surface area (Å²) in [4.78, 5) is 13.5. The number of piperidine rings is 1. The van der Waals surface area contributed by atoms with Crippen molar-refractivity contribution in [2.75, 3.05) is 44.8 Å². The Morgan fingerprint density at radius 3 is 2.81 bits per heavy atom. The zero-order chi connectivity index (χ0) is 17.8. The lowest BCUT2D eigenvalue weighted by Gasteiger charge is -2.48. The van der Waals surface area contributed by atoms with Crippen LogP contribution in [-0.2, 0) is 11.3 Å². The van der Waals surface area contributed by atoms with E-state index >= 15 is 0 Å². The minimum atomic E-state index is -0.111. The molecule has 0 amide bonds. The molecule has 0 radical (unpaired) electrons. The molecular formula is C20H26N4O2. The summed E-state index contributed by atoms with van der Waals surface area (Å²) in [7, 11) is 1.70. The average molecular weight is 354 g/mol. The molecule has 0 N–H and O–H groups in total. The Kier molecular flexibility index (Phi) is 5.04. The van der Waals surface area contributed by atoms with Gasteiger partial charge in [-0.25, -0.2) is 4.98 Å². The first-order valence-corrected chi connectivity index (χ1v) is 9.27. The molecular weight excluding hydrogens is 328 g/mol. The van der Waals surface area contributed by atoms with E-state index in [4.69, 9.17) is 9.47 Å². The maximum absolute atomic E-state index is 6.31. The van der Waals surface area contributed by atoms with Gasteiger partial charge in [-0.05, 0) is 30.5 Å². The van der Waals surface area contributed by atoms with E-state index in [1.807, 2.05) is 18.3 Å². The molecule has 0 saturated carbocycles. The van der Waals surface area contributed by atoms with Crippen LogP contribution in [-0.4, -0.2) is 60.4 Å². The van der Waals surface area contributed by atoms with Gasteiger partial charge in [0.15, 0.2) is 0 Å². The molecule has 1 spiro atoms. The lowest BCUT2D eigenvalue weighted by Crippen LogP contribution is -2.59. The predicted molar refractivity (Wildman–Crippen MR) is 100 cm³/mol. The molecule has 1 atom stereocenters. The van der Waals surface area contributed by atoms with Crippen LogP contribution in [0.1, 0.15) is 18.4 Å². The first-order valence-electron chi connectivity index (χ1n) is 9.27. The van der Waals surface area contributed by atoms with Crippen molar-refractivity contribution in [3.05, 3.63) is 48.4 Å². The van der Waals surface area contributed by atoms with Gasteiger partial charge in [-0.1, -0.05) is 12.1 Å². The van der Waals surface area contributed by atoms with E-state index in [0.29, 0.717) is 0 Å². The Balaban J connectivity index is 1.43. The molecule has 2 fully saturated rings. The molecule has 6 nitrogen and oxygen atoms in total. The summed E-state index contributed by atoms with van der Waals surface area (Å²) in [6, 6.07) is 8.35. The number of methoxy groups -OCH3 is 1. The van der Waals surface area contributed by atoms with Crippen molar-refractivity contribution in [1.29, 1.82) is 0 Å². The molecule has 3 heterocycles. The topological polar surface area (TPSA) is 50.7 Å². The number of ether oxygens (including phenoxy) is 2. The van der Waals surface area contributed by atoms with Gasteiger partial charge in [-0.2, -0.15) is 0 Å². The highest BCUT2D eigenvalue weighted by Crippen LogP contribution is 2.31. The quantitative estimate of drug-likeness (QED) is 0.840. The minimum Gasteiger partial charge on any atom is -0.497 e. The van der Waals surface area contributed by atoms with Gasteiger partial charge in [0.1, 0.15) is 11.6 Å². The Hall–Kier alpha value is -2.18. The van der Waals surface area contributed by atoms with Crippen LogP contribution in [0.25, 0.3) is 0 Å². The van der Waals surface area contributed by atoms with Crippen molar-refractivity contribution in [2.45, 2.75) is 25.0 Å². The van der Waals surface area contributed by atoms with Crippen LogP contribution in [0.3, 0.4) is 0 Å². The van der Waals surface area contributed by atoms with E-state index in [1.165, 1.54) is 5.56 Å². The van der Waals surface area contributed by atoms with Gasteiger partial charge < -0.3 is 14.4 Å². The zero-order valence-corrected chi connectivity index (χ0v) is 15.3. The van der Waals surface area contributed by atoms with Gasteiger partial charge in [0.2, 0.25) is 0 Å². The summed E-state index contributed by atoms with van der Waals surface area (Å²) in [6.07, 6.45) is 7.54. The van der Waals surface area contributed by atoms with E-state index in [-0.39, 0.29) is 5.60 Å². The monoisotopic (exact) mass is 354 g/mol. The van der Waals surface area contributed by atoms with E-state index in [0.717, 1.165) is 63.7 Å². The maximum Gasteiger partial charge on any atom is 0.147 e. The second-order valence-corrected chi connectivity index (χ2v) is 7.18. The summed E-state index contributed by atoms with van der Waals surface area (Å²) in [5.74, 6) is 1.85. The number of hydrogen-bond donors (Lipinski definition) is 0. The molecule has 0 bridgehead atoms. The van der Waals surface area contributed by atoms with Gasteiger partial charge in [-0.3, -0.25) is 9.88 Å². The Morgan fingerprint density at radius 2 is 2.04 bits per heavy atom. The summed E-state index contributed by atoms with van der Waals surface area (Å²) >= 11 is 0. The number of nitrogens with zero attached hydrogens (tertiary/aromatic N) is 4. The number of rotatable bonds is 4. The molecule has 4 rings (SSSR count). The fourth-order valence-corrected chi connectivity index (χ4v) is 4.04. The Morgan fingerprint density at radius 1 is 1.15 bits per heavy atom. The van der Waals surface area contributed by atoms with Crippen molar-refractivity contribution in [1.82, 2.24) is 14.9 Å². The van der Waals surface area contributed by atoms with Crippen LogP contribution in [0.2, 0.25) is 0 Å². The van der Waals surface area contributed by atoms with Crippen LogP contribution < -0.4 is 9.64 Å². The first-order chi connectivity index (χ1) is 12.8. The van der Waals surface area contributed by atoms with Gasteiger partial charge in [0, 0.05) is 45.1 Å². The van der Waals surface area contributed by atoms with E-state index in [2.05, 4.69) is 31.9 Å². The first kappa shape index (κ1) is 17.2. The predicted octanol–water partition coefficient (Wildman–Crippen LogP) is 2.36. The molecule has 0 unspecified atom stereocenters. The minimum absolute atomic E-state index is 0.111. The smallest absolute Gasteiger partial charge is 0.147 e. The molecule has 26 heavy (non-hydrogen) atoms. The summed E-state index contributed by atoms with van der Waals surface area (Å²) < 4.78 is 11.6. The Labute approximate surface area is 154 Å². The van der Waals surface area contributed by atoms with Crippen molar-refractivity contribution in [3.63, 3.8) is 0 Å². The van der Waals surface area contributed by atoms with Crippen LogP contribution in [0, 0.1) is 0 Å². The molecule has 1 aromatic carbocycles. The molecule has 1 aromatic heterocycles. The largest absolute Gasteiger partial charge is 0.497 e. The van der Waals surface area contributed by atoms with Crippen LogP contribution in [0.4, 0.5) is 5.82 Å². The second kappa shape index (κ2) is 7.60. The fraction of sp³-hybridized carbons (Fsp3) is 0.500. The van der Waals surface area contributed by atoms with Crippen LogP contribution >= 0.6 is 0 Å². The summed E-state index contributed by atoms with van der Waals surface area (Å²) in [6.45, 7) is 5.55. The van der Waals surface area contributed by atoms with E-state index < -0.39 is 0 Å². The SMILES string of the molecule is COc1ccc(CN2CCO[C@@]3(CCCN(c4cnccn4)C3)C2)cc1. The lowest BCUT2D eigenvalue weighted by atomic mass is 9.90. The zero-order valence-electron chi connectivity index (χ0n) is 15.3. The van der Waals surface area contributed by atoms with Crippen molar-refractivity contribution < 1.29 is 9.47 Å². The molecule has 2 aliphatic heterocycles. The van der Waals surface area contributed by atoms with Crippen LogP contribution in [0.5, 0.6) is 5.75 Å². The third kappa shape index (κ3) is 3.81. The second-order valence-electron chi connectivity index (χ2n) is 7.18. The highest BCUT2D eigenvalue weighted by molar-refractivity contribution is 5.37. The standard InChI is InChI=1S/C20H26N4O2/c1-25-18-5-3-17(4-6-18)14-23-11-12-26-20(15-23)7-2-10-24(16-20)19-13-21-8-9-22-19/h3-6,8-9,13H,2,7,10-12,14-16H2,1H3/t20-/m0/s1. The van der Waals surface area contributed by atoms with Gasteiger partial charge >= 0.3 is 0 Å². The van der Waals surface area contributed by atoms with Crippen molar-refractivity contribution in [2.24, 2.45) is 0 Å². The fourth-order valence-electron chi connectivity index (χ4n) is 4.04. The van der Waals surface area contributed by atoms with Crippen molar-refractivity contribution in [3.8, 4) is 5.75 Å². The number of aromatic nitrogens is 2. The third-order valence-electron chi connectivity index (χ3n) is 5.31. The number of anilines is 1.